The molecule has 0 atom stereocenters. The molecule has 3 aromatic rings. The van der Waals surface area contributed by atoms with Crippen molar-refractivity contribution in [3.05, 3.63) is 106 Å². The first-order valence-corrected chi connectivity index (χ1v) is 13.5. The fourth-order valence-electron chi connectivity index (χ4n) is 4.04. The lowest BCUT2D eigenvalue weighted by atomic mass is 10.0. The van der Waals surface area contributed by atoms with Gasteiger partial charge in [0.1, 0.15) is 0 Å². The number of hydrogen-bond donors (Lipinski definition) is 2. The molecule has 10 heteroatoms. The standard InChI is InChI=1S/C31H30F3NO3.C2H2O3/c1-2-3-4-5-8-23-11-13-24(14-12-23)15-16-25-17-19-26(20-18-25)21-35(29(36)30(37)38)22-27-9-6-7-10-28(27)31(32,33)34;3-1-2(4)5/h6-7,9-14,17-20H,2-5,8,21-22H2,1H3,(H,37,38);1H,(H,4,5). The van der Waals surface area contributed by atoms with E-state index in [-0.39, 0.29) is 18.4 Å². The average Bonchev–Trinajstić information content (AvgIpc) is 2.99. The summed E-state index contributed by atoms with van der Waals surface area (Å²) in [7, 11) is 0. The van der Waals surface area contributed by atoms with Crippen LogP contribution in [0, 0.1) is 11.8 Å². The number of aldehydes is 1. The Balaban J connectivity index is 0.00000119. The Labute approximate surface area is 248 Å². The predicted octanol–water partition coefficient (Wildman–Crippen LogP) is 6.11. The Kier molecular flexibility index (Phi) is 13.7. The number of rotatable bonds is 10. The molecule has 3 rings (SSSR count). The molecular formula is C33H32F3NO6. The van der Waals surface area contributed by atoms with Gasteiger partial charge in [-0.25, -0.2) is 9.59 Å². The van der Waals surface area contributed by atoms with Crippen molar-refractivity contribution < 1.29 is 42.6 Å². The third-order valence-electron chi connectivity index (χ3n) is 6.21. The van der Waals surface area contributed by atoms with E-state index in [9.17, 15) is 27.9 Å². The number of halogens is 3. The van der Waals surface area contributed by atoms with Crippen molar-refractivity contribution in [3.63, 3.8) is 0 Å². The zero-order valence-corrected chi connectivity index (χ0v) is 23.6. The quantitative estimate of drug-likeness (QED) is 0.127. The molecule has 226 valence electrons. The Hall–Kier alpha value is -4.91. The normalized spacial score (nSPS) is 10.4. The van der Waals surface area contributed by atoms with E-state index in [0.717, 1.165) is 28.5 Å². The molecule has 43 heavy (non-hydrogen) atoms. The van der Waals surface area contributed by atoms with Crippen LogP contribution >= 0.6 is 0 Å². The molecule has 0 saturated carbocycles. The smallest absolute Gasteiger partial charge is 0.416 e. The SMILES string of the molecule is CCCCCCc1ccc(C#Cc2ccc(CN(Cc3ccccc3C(F)(F)F)C(=O)C(=O)O)cc2)cc1.O=CC(=O)O. The Morgan fingerprint density at radius 2 is 1.33 bits per heavy atom. The monoisotopic (exact) mass is 595 g/mol. The first-order valence-electron chi connectivity index (χ1n) is 13.5. The third kappa shape index (κ3) is 12.2. The van der Waals surface area contributed by atoms with Gasteiger partial charge in [0, 0.05) is 24.2 Å². The topological polar surface area (TPSA) is 112 Å². The average molecular weight is 596 g/mol. The van der Waals surface area contributed by atoms with Crippen LogP contribution in [-0.4, -0.2) is 39.2 Å². The number of amides is 1. The lowest BCUT2D eigenvalue weighted by Crippen LogP contribution is -2.36. The number of carboxylic acids is 2. The molecular weight excluding hydrogens is 563 g/mol. The van der Waals surface area contributed by atoms with E-state index in [4.69, 9.17) is 14.7 Å². The summed E-state index contributed by atoms with van der Waals surface area (Å²) in [4.78, 5) is 42.4. The molecule has 0 heterocycles. The summed E-state index contributed by atoms with van der Waals surface area (Å²) in [5, 5.41) is 16.6. The molecule has 7 nitrogen and oxygen atoms in total. The van der Waals surface area contributed by atoms with E-state index in [2.05, 4.69) is 30.9 Å². The van der Waals surface area contributed by atoms with Crippen LogP contribution in [0.25, 0.3) is 0 Å². The first-order chi connectivity index (χ1) is 20.4. The minimum Gasteiger partial charge on any atom is -0.476 e. The molecule has 0 fully saturated rings. The number of hydrogen-bond acceptors (Lipinski definition) is 4. The molecule has 0 aliphatic heterocycles. The highest BCUT2D eigenvalue weighted by molar-refractivity contribution is 6.31. The maximum Gasteiger partial charge on any atom is 0.416 e. The minimum atomic E-state index is -4.62. The summed E-state index contributed by atoms with van der Waals surface area (Å²) in [6.07, 6.45) is 1.14. The van der Waals surface area contributed by atoms with Gasteiger partial charge in [-0.15, -0.1) is 0 Å². The van der Waals surface area contributed by atoms with Crippen molar-refractivity contribution in [2.45, 2.75) is 58.3 Å². The molecule has 0 bridgehead atoms. The maximum absolute atomic E-state index is 13.4. The Morgan fingerprint density at radius 1 is 0.791 bits per heavy atom. The summed E-state index contributed by atoms with van der Waals surface area (Å²) in [6, 6.07) is 19.8. The molecule has 0 spiro atoms. The van der Waals surface area contributed by atoms with Crippen LogP contribution in [0.3, 0.4) is 0 Å². The molecule has 0 aliphatic rings. The summed E-state index contributed by atoms with van der Waals surface area (Å²) in [5.74, 6) is 1.75. The second-order valence-electron chi connectivity index (χ2n) is 9.53. The largest absolute Gasteiger partial charge is 0.476 e. The second kappa shape index (κ2) is 17.1. The van der Waals surface area contributed by atoms with Gasteiger partial charge < -0.3 is 15.1 Å². The van der Waals surface area contributed by atoms with E-state index < -0.39 is 36.1 Å². The van der Waals surface area contributed by atoms with E-state index >= 15 is 0 Å². The van der Waals surface area contributed by atoms with Gasteiger partial charge >= 0.3 is 24.0 Å². The van der Waals surface area contributed by atoms with Crippen molar-refractivity contribution in [3.8, 4) is 11.8 Å². The second-order valence-corrected chi connectivity index (χ2v) is 9.53. The van der Waals surface area contributed by atoms with Gasteiger partial charge in [0.25, 0.3) is 0 Å². The number of carbonyl (C=O) groups excluding carboxylic acids is 2. The lowest BCUT2D eigenvalue weighted by Gasteiger charge is -2.23. The summed E-state index contributed by atoms with van der Waals surface area (Å²) < 4.78 is 40.2. The lowest BCUT2D eigenvalue weighted by molar-refractivity contribution is -0.156. The molecule has 1 amide bonds. The van der Waals surface area contributed by atoms with Gasteiger partial charge in [0.2, 0.25) is 6.29 Å². The van der Waals surface area contributed by atoms with E-state index in [1.54, 1.807) is 24.3 Å². The number of aliphatic carboxylic acids is 2. The van der Waals surface area contributed by atoms with E-state index in [0.29, 0.717) is 5.56 Å². The minimum absolute atomic E-state index is 0.162. The molecule has 3 aromatic carbocycles. The van der Waals surface area contributed by atoms with Gasteiger partial charge in [0.05, 0.1) is 5.56 Å². The van der Waals surface area contributed by atoms with Gasteiger partial charge in [-0.05, 0) is 59.9 Å². The number of carbonyl (C=O) groups is 4. The van der Waals surface area contributed by atoms with Crippen LogP contribution in [0.4, 0.5) is 13.2 Å². The van der Waals surface area contributed by atoms with Crippen LogP contribution in [0.2, 0.25) is 0 Å². The Morgan fingerprint density at radius 3 is 1.81 bits per heavy atom. The number of unbranched alkanes of at least 4 members (excludes halogenated alkanes) is 3. The van der Waals surface area contributed by atoms with Crippen molar-refractivity contribution in [1.82, 2.24) is 4.90 Å². The van der Waals surface area contributed by atoms with Crippen molar-refractivity contribution in [1.29, 1.82) is 0 Å². The predicted molar refractivity (Wildman–Crippen MR) is 154 cm³/mol. The number of carboxylic acid groups (broad SMARTS) is 2. The van der Waals surface area contributed by atoms with Crippen molar-refractivity contribution in [2.75, 3.05) is 0 Å². The summed E-state index contributed by atoms with van der Waals surface area (Å²) in [6.45, 7) is 1.54. The van der Waals surface area contributed by atoms with Crippen LogP contribution in [-0.2, 0) is 44.9 Å². The van der Waals surface area contributed by atoms with Crippen molar-refractivity contribution in [2.24, 2.45) is 0 Å². The molecule has 0 aliphatic carbocycles. The summed E-state index contributed by atoms with van der Waals surface area (Å²) >= 11 is 0. The van der Waals surface area contributed by atoms with E-state index in [1.165, 1.54) is 49.4 Å². The summed E-state index contributed by atoms with van der Waals surface area (Å²) in [5.41, 5.74) is 2.38. The van der Waals surface area contributed by atoms with Crippen LogP contribution < -0.4 is 0 Å². The number of nitrogens with zero attached hydrogens (tertiary/aromatic N) is 1. The van der Waals surface area contributed by atoms with Crippen LogP contribution in [0.1, 0.15) is 66.0 Å². The molecule has 0 aromatic heterocycles. The van der Waals surface area contributed by atoms with E-state index in [1.807, 2.05) is 12.1 Å². The highest BCUT2D eigenvalue weighted by Crippen LogP contribution is 2.32. The van der Waals surface area contributed by atoms with Gasteiger partial charge in [-0.2, -0.15) is 13.2 Å². The fourth-order valence-corrected chi connectivity index (χ4v) is 4.04. The third-order valence-corrected chi connectivity index (χ3v) is 6.21. The first kappa shape index (κ1) is 34.3. The zero-order chi connectivity index (χ0) is 31.8. The van der Waals surface area contributed by atoms with Gasteiger partial charge in [-0.1, -0.05) is 80.5 Å². The van der Waals surface area contributed by atoms with Gasteiger partial charge in [0.15, 0.2) is 0 Å². The molecule has 0 radical (unpaired) electrons. The highest BCUT2D eigenvalue weighted by atomic mass is 19.4. The number of benzene rings is 3. The van der Waals surface area contributed by atoms with Gasteiger partial charge in [-0.3, -0.25) is 9.59 Å². The number of alkyl halides is 3. The number of aryl methyl sites for hydroxylation is 1. The molecule has 0 saturated heterocycles. The molecule has 0 unspecified atom stereocenters. The van der Waals surface area contributed by atoms with Crippen LogP contribution in [0.5, 0.6) is 0 Å². The fraction of sp³-hybridized carbons (Fsp3) is 0.273. The molecule has 2 N–H and O–H groups in total. The highest BCUT2D eigenvalue weighted by Gasteiger charge is 2.34. The zero-order valence-electron chi connectivity index (χ0n) is 23.6. The Bertz CT molecular complexity index is 1440. The van der Waals surface area contributed by atoms with Crippen LogP contribution in [0.15, 0.2) is 72.8 Å². The maximum atomic E-state index is 13.4. The van der Waals surface area contributed by atoms with Crippen molar-refractivity contribution >= 4 is 24.1 Å².